The monoisotopic (exact) mass is 657 g/mol. The van der Waals surface area contributed by atoms with Gasteiger partial charge in [0.05, 0.1) is 12.4 Å². The van der Waals surface area contributed by atoms with Gasteiger partial charge in [-0.1, -0.05) is 82.3 Å². The Hall–Kier alpha value is -5.68. The lowest BCUT2D eigenvalue weighted by atomic mass is 9.88. The van der Waals surface area contributed by atoms with Gasteiger partial charge in [-0.25, -0.2) is 9.55 Å². The van der Waals surface area contributed by atoms with E-state index in [4.69, 9.17) is 12.9 Å². The number of para-hydroxylation sites is 2. The van der Waals surface area contributed by atoms with Gasteiger partial charge in [-0.2, -0.15) is 4.57 Å². The summed E-state index contributed by atoms with van der Waals surface area (Å²) in [6.45, 7) is 8.93. The Morgan fingerprint density at radius 3 is 2.16 bits per heavy atom. The summed E-state index contributed by atoms with van der Waals surface area (Å²) in [5.41, 5.74) is 12.9. The van der Waals surface area contributed by atoms with Gasteiger partial charge < -0.3 is 8.83 Å². The highest BCUT2D eigenvalue weighted by Gasteiger charge is 2.34. The zero-order valence-corrected chi connectivity index (χ0v) is 29.1. The molecule has 0 N–H and O–H groups in total. The average Bonchev–Trinajstić information content (AvgIpc) is 3.80. The third kappa shape index (κ3) is 4.39. The van der Waals surface area contributed by atoms with E-state index in [-0.39, 0.29) is 17.5 Å². The van der Waals surface area contributed by atoms with Crippen molar-refractivity contribution in [3.8, 4) is 28.2 Å². The molecule has 9 aromatic rings. The third-order valence-corrected chi connectivity index (χ3v) is 10.3. The minimum Gasteiger partial charge on any atom is -0.455 e. The van der Waals surface area contributed by atoms with Crippen molar-refractivity contribution in [1.29, 1.82) is 0 Å². The number of nitrogens with zero attached hydrogens (tertiary/aromatic N) is 3. The zero-order valence-electron chi connectivity index (χ0n) is 32.1. The summed E-state index contributed by atoms with van der Waals surface area (Å²) in [5, 5.41) is 3.40. The van der Waals surface area contributed by atoms with Crippen LogP contribution in [0.15, 0.2) is 112 Å². The van der Waals surface area contributed by atoms with Gasteiger partial charge in [-0.15, -0.1) is 0 Å². The molecule has 0 unspecified atom stereocenters. The van der Waals surface area contributed by atoms with Crippen LogP contribution in [0.5, 0.6) is 0 Å². The maximum Gasteiger partial charge on any atom is 0.299 e. The van der Waals surface area contributed by atoms with Crippen LogP contribution in [0.2, 0.25) is 0 Å². The Balaban J connectivity index is 1.38. The highest BCUT2D eigenvalue weighted by atomic mass is 16.4. The number of fused-ring (bicyclic) bond motifs is 8. The number of imidazole rings is 1. The largest absolute Gasteiger partial charge is 0.455 e. The predicted molar refractivity (Wildman–Crippen MR) is 205 cm³/mol. The van der Waals surface area contributed by atoms with Gasteiger partial charge >= 0.3 is 0 Å². The van der Waals surface area contributed by atoms with Gasteiger partial charge in [0.25, 0.3) is 5.82 Å². The molecule has 50 heavy (non-hydrogen) atoms. The first-order valence-electron chi connectivity index (χ1n) is 18.8. The summed E-state index contributed by atoms with van der Waals surface area (Å²) in [6, 6.07) is 35.6. The lowest BCUT2D eigenvalue weighted by Gasteiger charge is -2.21. The normalized spacial score (nSPS) is 13.4. The van der Waals surface area contributed by atoms with E-state index in [2.05, 4.69) is 135 Å². The molecule has 0 bridgehead atoms. The van der Waals surface area contributed by atoms with E-state index in [0.717, 1.165) is 55.1 Å². The Kier molecular flexibility index (Phi) is 6.07. The van der Waals surface area contributed by atoms with E-state index in [1.807, 2.05) is 12.1 Å². The number of furan rings is 2. The topological polar surface area (TPSA) is 48.0 Å². The SMILES string of the molecule is [2H]C([2H])([2H])c1ccc2c(n1)oc1c2ccc2oc3c(-c4n(-c5c(C(C)C)cc(-c6ccccc6)cc5C(C)C)c5ccccc5[n+]4C)c(C)ccc3c21. The molecule has 0 saturated carbocycles. The molecule has 5 aromatic carbocycles. The fourth-order valence-corrected chi connectivity index (χ4v) is 7.85. The minimum absolute atomic E-state index is 0.00826. The van der Waals surface area contributed by atoms with Crippen molar-refractivity contribution in [2.24, 2.45) is 7.05 Å². The quantitative estimate of drug-likeness (QED) is 0.173. The second kappa shape index (κ2) is 11.2. The standard InChI is InChI=1S/C45H40N3O2/c1-25(2)34-23-30(29-13-9-8-10-14-29)24-35(26(3)4)41(34)48-37-16-12-11-15-36(37)47(7)45(48)39-27(5)17-19-33-40-38(49-43(33)39)22-21-31-32-20-18-28(6)46-44(32)50-42(31)40/h8-26H,1-7H3/q+1/i6D3. The molecule has 0 amide bonds. The van der Waals surface area contributed by atoms with Gasteiger partial charge in [0.1, 0.15) is 22.4 Å². The summed E-state index contributed by atoms with van der Waals surface area (Å²) in [6.07, 6.45) is 0. The second-order valence-electron chi connectivity index (χ2n) is 14.1. The molecule has 4 aromatic heterocycles. The van der Waals surface area contributed by atoms with Crippen molar-refractivity contribution in [1.82, 2.24) is 9.55 Å². The van der Waals surface area contributed by atoms with Gasteiger partial charge in [0.2, 0.25) is 5.71 Å². The Bertz CT molecular complexity index is 2880. The molecule has 0 aliphatic heterocycles. The van der Waals surface area contributed by atoms with E-state index in [1.165, 1.54) is 27.9 Å². The van der Waals surface area contributed by atoms with Crippen molar-refractivity contribution in [3.63, 3.8) is 0 Å². The molecule has 0 saturated heterocycles. The van der Waals surface area contributed by atoms with Crippen molar-refractivity contribution < 1.29 is 17.5 Å². The molecule has 9 rings (SSSR count). The summed E-state index contributed by atoms with van der Waals surface area (Å²) in [7, 11) is 2.14. The highest BCUT2D eigenvalue weighted by molar-refractivity contribution is 6.23. The van der Waals surface area contributed by atoms with Crippen LogP contribution in [-0.2, 0) is 7.05 Å². The van der Waals surface area contributed by atoms with Crippen molar-refractivity contribution in [3.05, 3.63) is 126 Å². The summed E-state index contributed by atoms with van der Waals surface area (Å²) in [4.78, 5) is 4.42. The van der Waals surface area contributed by atoms with Crippen LogP contribution in [0.1, 0.15) is 66.0 Å². The molecule has 0 aliphatic carbocycles. The number of aryl methyl sites for hydroxylation is 3. The van der Waals surface area contributed by atoms with Gasteiger partial charge in [0, 0.05) is 37.1 Å². The number of benzene rings is 5. The first kappa shape index (κ1) is 27.2. The van der Waals surface area contributed by atoms with E-state index >= 15 is 0 Å². The van der Waals surface area contributed by atoms with Crippen molar-refractivity contribution in [2.45, 2.75) is 53.3 Å². The number of hydrogen-bond acceptors (Lipinski definition) is 3. The third-order valence-electron chi connectivity index (χ3n) is 10.3. The molecule has 0 radical (unpaired) electrons. The van der Waals surface area contributed by atoms with E-state index in [0.29, 0.717) is 16.9 Å². The van der Waals surface area contributed by atoms with E-state index < -0.39 is 6.85 Å². The van der Waals surface area contributed by atoms with Crippen LogP contribution in [0.4, 0.5) is 0 Å². The predicted octanol–water partition coefficient (Wildman–Crippen LogP) is 11.8. The Morgan fingerprint density at radius 2 is 1.42 bits per heavy atom. The van der Waals surface area contributed by atoms with Crippen LogP contribution < -0.4 is 4.57 Å². The molecule has 5 heteroatoms. The molecule has 0 atom stereocenters. The second-order valence-corrected chi connectivity index (χ2v) is 14.1. The molecule has 4 heterocycles. The molecule has 5 nitrogen and oxygen atoms in total. The summed E-state index contributed by atoms with van der Waals surface area (Å²) >= 11 is 0. The fraction of sp³-hybridized carbons (Fsp3) is 0.200. The maximum absolute atomic E-state index is 7.89. The zero-order chi connectivity index (χ0) is 36.9. The van der Waals surface area contributed by atoms with Crippen LogP contribution >= 0.6 is 0 Å². The number of pyridine rings is 1. The molecular weight excluding hydrogens is 615 g/mol. The van der Waals surface area contributed by atoms with Crippen LogP contribution in [-0.4, -0.2) is 9.55 Å². The van der Waals surface area contributed by atoms with Crippen LogP contribution in [0.3, 0.4) is 0 Å². The smallest absolute Gasteiger partial charge is 0.299 e. The lowest BCUT2D eigenvalue weighted by Crippen LogP contribution is -2.30. The first-order valence-corrected chi connectivity index (χ1v) is 17.3. The van der Waals surface area contributed by atoms with Crippen molar-refractivity contribution in [2.75, 3.05) is 0 Å². The van der Waals surface area contributed by atoms with Crippen molar-refractivity contribution >= 4 is 55.0 Å². The summed E-state index contributed by atoms with van der Waals surface area (Å²) in [5.74, 6) is 1.51. The highest BCUT2D eigenvalue weighted by Crippen LogP contribution is 2.45. The molecule has 0 spiro atoms. The molecule has 0 aliphatic rings. The first-order chi connectivity index (χ1) is 25.4. The van der Waals surface area contributed by atoms with E-state index in [9.17, 15) is 0 Å². The Labute approximate surface area is 295 Å². The number of rotatable bonds is 5. The molecular formula is C45H40N3O2+. The average molecular weight is 658 g/mol. The van der Waals surface area contributed by atoms with Crippen LogP contribution in [0, 0.1) is 13.8 Å². The fourth-order valence-electron chi connectivity index (χ4n) is 7.85. The Morgan fingerprint density at radius 1 is 0.720 bits per heavy atom. The van der Waals surface area contributed by atoms with Crippen LogP contribution in [0.25, 0.3) is 83.2 Å². The number of aromatic nitrogens is 3. The molecule has 246 valence electrons. The van der Waals surface area contributed by atoms with Gasteiger partial charge in [-0.05, 0) is 90.8 Å². The lowest BCUT2D eigenvalue weighted by molar-refractivity contribution is -0.633. The molecule has 0 fully saturated rings. The summed E-state index contributed by atoms with van der Waals surface area (Å²) < 4.78 is 41.7. The van der Waals surface area contributed by atoms with Gasteiger partial charge in [-0.3, -0.25) is 0 Å². The minimum atomic E-state index is -2.34. The van der Waals surface area contributed by atoms with E-state index in [1.54, 1.807) is 12.1 Å². The maximum atomic E-state index is 7.89. The number of hydrogen-bond donors (Lipinski definition) is 0. The van der Waals surface area contributed by atoms with Gasteiger partial charge in [0.15, 0.2) is 16.6 Å².